The summed E-state index contributed by atoms with van der Waals surface area (Å²) in [5, 5.41) is 4.38. The van der Waals surface area contributed by atoms with Crippen LogP contribution in [-0.4, -0.2) is 42.4 Å². The highest BCUT2D eigenvalue weighted by Gasteiger charge is 2.17. The van der Waals surface area contributed by atoms with Gasteiger partial charge in [-0.05, 0) is 31.7 Å². The Bertz CT molecular complexity index is 438. The summed E-state index contributed by atoms with van der Waals surface area (Å²) in [6, 6.07) is 1.77. The third-order valence-corrected chi connectivity index (χ3v) is 3.33. The molecule has 0 aliphatic carbocycles. The molecule has 1 aliphatic heterocycles. The van der Waals surface area contributed by atoms with E-state index >= 15 is 0 Å². The zero-order chi connectivity index (χ0) is 14.4. The molecule has 1 saturated heterocycles. The first-order valence-corrected chi connectivity index (χ1v) is 7.12. The Hall–Kier alpha value is -1.40. The van der Waals surface area contributed by atoms with Gasteiger partial charge < -0.3 is 14.2 Å². The van der Waals surface area contributed by atoms with Crippen molar-refractivity contribution in [3.05, 3.63) is 17.5 Å². The number of esters is 1. The minimum atomic E-state index is -0.369. The van der Waals surface area contributed by atoms with E-state index in [0.717, 1.165) is 38.0 Å². The molecule has 1 atom stereocenters. The van der Waals surface area contributed by atoms with Crippen LogP contribution in [0.2, 0.25) is 0 Å². The van der Waals surface area contributed by atoms with Crippen molar-refractivity contribution in [2.24, 2.45) is 0 Å². The van der Waals surface area contributed by atoms with E-state index < -0.39 is 0 Å². The monoisotopic (exact) mass is 282 g/mol. The van der Waals surface area contributed by atoms with Gasteiger partial charge in [0.05, 0.1) is 26.0 Å². The van der Waals surface area contributed by atoms with E-state index in [1.807, 2.05) is 6.92 Å². The number of methoxy groups -OCH3 is 1. The lowest BCUT2D eigenvalue weighted by Crippen LogP contribution is -2.24. The maximum atomic E-state index is 11.7. The van der Waals surface area contributed by atoms with E-state index in [1.54, 1.807) is 10.7 Å². The van der Waals surface area contributed by atoms with Crippen LogP contribution in [0, 0.1) is 0 Å². The molecule has 6 nitrogen and oxygen atoms in total. The molecule has 0 N–H and O–H groups in total. The van der Waals surface area contributed by atoms with E-state index in [0.29, 0.717) is 18.8 Å². The summed E-state index contributed by atoms with van der Waals surface area (Å²) in [7, 11) is 1.37. The summed E-state index contributed by atoms with van der Waals surface area (Å²) >= 11 is 0. The molecule has 1 aliphatic rings. The molecular formula is C14H22N2O4. The third kappa shape index (κ3) is 3.80. The van der Waals surface area contributed by atoms with Crippen LogP contribution in [0.5, 0.6) is 0 Å². The number of nitrogens with zero attached hydrogens (tertiary/aromatic N) is 2. The van der Waals surface area contributed by atoms with Gasteiger partial charge >= 0.3 is 5.97 Å². The van der Waals surface area contributed by atoms with Crippen LogP contribution in [0.1, 0.15) is 42.4 Å². The molecule has 1 aromatic rings. The second-order valence-corrected chi connectivity index (χ2v) is 4.76. The zero-order valence-electron chi connectivity index (χ0n) is 12.1. The number of hydrogen-bond acceptors (Lipinski definition) is 5. The molecule has 0 saturated carbocycles. The summed E-state index contributed by atoms with van der Waals surface area (Å²) < 4.78 is 17.6. The Morgan fingerprint density at radius 3 is 3.05 bits per heavy atom. The summed E-state index contributed by atoms with van der Waals surface area (Å²) in [4.78, 5) is 11.7. The van der Waals surface area contributed by atoms with Gasteiger partial charge in [0, 0.05) is 6.61 Å². The minimum absolute atomic E-state index is 0.119. The molecule has 0 amide bonds. The molecule has 0 spiro atoms. The maximum absolute atomic E-state index is 11.7. The van der Waals surface area contributed by atoms with Crippen LogP contribution >= 0.6 is 0 Å². The second kappa shape index (κ2) is 7.40. The van der Waals surface area contributed by atoms with Crippen LogP contribution < -0.4 is 0 Å². The predicted molar refractivity (Wildman–Crippen MR) is 72.5 cm³/mol. The van der Waals surface area contributed by atoms with E-state index in [2.05, 4.69) is 5.10 Å². The number of carbonyl (C=O) groups excluding carboxylic acids is 1. The number of rotatable bonds is 6. The first-order valence-electron chi connectivity index (χ1n) is 7.12. The van der Waals surface area contributed by atoms with E-state index in [9.17, 15) is 4.79 Å². The standard InChI is InChI=1S/C14H22N2O4/c1-3-11-10-12(14(17)18-2)16(15-11)7-9-20-13-6-4-5-8-19-13/h10,13H,3-9H2,1-2H3. The predicted octanol–water partition coefficient (Wildman–Crippen LogP) is 1.78. The molecule has 6 heteroatoms. The quantitative estimate of drug-likeness (QED) is 0.744. The van der Waals surface area contributed by atoms with Gasteiger partial charge in [0.25, 0.3) is 0 Å². The molecule has 112 valence electrons. The van der Waals surface area contributed by atoms with Gasteiger partial charge in [0.1, 0.15) is 5.69 Å². The van der Waals surface area contributed by atoms with Crippen LogP contribution in [0.3, 0.4) is 0 Å². The largest absolute Gasteiger partial charge is 0.464 e. The minimum Gasteiger partial charge on any atom is -0.464 e. The molecule has 2 rings (SSSR count). The van der Waals surface area contributed by atoms with Gasteiger partial charge in [-0.25, -0.2) is 4.79 Å². The Balaban J connectivity index is 1.90. The first-order chi connectivity index (χ1) is 9.74. The van der Waals surface area contributed by atoms with Crippen LogP contribution in [-0.2, 0) is 27.2 Å². The molecule has 20 heavy (non-hydrogen) atoms. The van der Waals surface area contributed by atoms with Crippen molar-refractivity contribution in [1.82, 2.24) is 9.78 Å². The number of carbonyl (C=O) groups is 1. The van der Waals surface area contributed by atoms with Crippen molar-refractivity contribution in [3.8, 4) is 0 Å². The van der Waals surface area contributed by atoms with Gasteiger partial charge in [-0.3, -0.25) is 4.68 Å². The summed E-state index contributed by atoms with van der Waals surface area (Å²) in [6.07, 6.45) is 3.84. The van der Waals surface area contributed by atoms with Crippen LogP contribution in [0.25, 0.3) is 0 Å². The van der Waals surface area contributed by atoms with Crippen molar-refractivity contribution in [2.45, 2.75) is 45.4 Å². The summed E-state index contributed by atoms with van der Waals surface area (Å²) in [5.41, 5.74) is 1.34. The maximum Gasteiger partial charge on any atom is 0.356 e. The lowest BCUT2D eigenvalue weighted by Gasteiger charge is -2.22. The highest BCUT2D eigenvalue weighted by Crippen LogP contribution is 2.14. The normalized spacial score (nSPS) is 19.0. The van der Waals surface area contributed by atoms with E-state index in [-0.39, 0.29) is 12.3 Å². The van der Waals surface area contributed by atoms with E-state index in [4.69, 9.17) is 14.2 Å². The summed E-state index contributed by atoms with van der Waals surface area (Å²) in [6.45, 7) is 3.75. The molecule has 1 unspecified atom stereocenters. The van der Waals surface area contributed by atoms with Crippen molar-refractivity contribution in [1.29, 1.82) is 0 Å². The Morgan fingerprint density at radius 2 is 2.40 bits per heavy atom. The topological polar surface area (TPSA) is 62.6 Å². The highest BCUT2D eigenvalue weighted by molar-refractivity contribution is 5.87. The zero-order valence-corrected chi connectivity index (χ0v) is 12.1. The number of hydrogen-bond donors (Lipinski definition) is 0. The fraction of sp³-hybridized carbons (Fsp3) is 0.714. The lowest BCUT2D eigenvalue weighted by molar-refractivity contribution is -0.163. The Labute approximate surface area is 119 Å². The van der Waals surface area contributed by atoms with Gasteiger partial charge in [-0.1, -0.05) is 6.92 Å². The van der Waals surface area contributed by atoms with Gasteiger partial charge in [-0.2, -0.15) is 5.10 Å². The van der Waals surface area contributed by atoms with Gasteiger partial charge in [0.15, 0.2) is 6.29 Å². The van der Waals surface area contributed by atoms with Crippen molar-refractivity contribution in [2.75, 3.05) is 20.3 Å². The van der Waals surface area contributed by atoms with Crippen LogP contribution in [0.15, 0.2) is 6.07 Å². The van der Waals surface area contributed by atoms with Gasteiger partial charge in [0.2, 0.25) is 0 Å². The first kappa shape index (κ1) is 15.0. The highest BCUT2D eigenvalue weighted by atomic mass is 16.7. The van der Waals surface area contributed by atoms with Crippen LogP contribution in [0.4, 0.5) is 0 Å². The SMILES string of the molecule is CCc1cc(C(=O)OC)n(CCOC2CCCCO2)n1. The average molecular weight is 282 g/mol. The average Bonchev–Trinajstić information content (AvgIpc) is 2.91. The lowest BCUT2D eigenvalue weighted by atomic mass is 10.2. The van der Waals surface area contributed by atoms with Crippen molar-refractivity contribution in [3.63, 3.8) is 0 Å². The molecule has 1 fully saturated rings. The summed E-state index contributed by atoms with van der Waals surface area (Å²) in [5.74, 6) is -0.369. The molecule has 2 heterocycles. The fourth-order valence-corrected chi connectivity index (χ4v) is 2.20. The Kier molecular flexibility index (Phi) is 5.55. The second-order valence-electron chi connectivity index (χ2n) is 4.76. The Morgan fingerprint density at radius 1 is 1.55 bits per heavy atom. The fourth-order valence-electron chi connectivity index (χ4n) is 2.20. The molecule has 0 bridgehead atoms. The number of aryl methyl sites for hydroxylation is 1. The molecule has 1 aromatic heterocycles. The van der Waals surface area contributed by atoms with Crippen molar-refractivity contribution >= 4 is 5.97 Å². The smallest absolute Gasteiger partial charge is 0.356 e. The number of ether oxygens (including phenoxy) is 3. The molecule has 0 radical (unpaired) electrons. The van der Waals surface area contributed by atoms with Gasteiger partial charge in [-0.15, -0.1) is 0 Å². The van der Waals surface area contributed by atoms with E-state index in [1.165, 1.54) is 7.11 Å². The third-order valence-electron chi connectivity index (χ3n) is 3.33. The number of aromatic nitrogens is 2. The molecular weight excluding hydrogens is 260 g/mol. The van der Waals surface area contributed by atoms with Crippen molar-refractivity contribution < 1.29 is 19.0 Å². The molecule has 0 aromatic carbocycles.